The first kappa shape index (κ1) is 29.9. The number of halogens is 2. The van der Waals surface area contributed by atoms with Crippen LogP contribution >= 0.6 is 23.2 Å². The summed E-state index contributed by atoms with van der Waals surface area (Å²) in [5, 5.41) is 4.20. The third-order valence-corrected chi connectivity index (χ3v) is 8.51. The summed E-state index contributed by atoms with van der Waals surface area (Å²) in [5.41, 5.74) is 5.51. The molecule has 0 saturated carbocycles. The topological polar surface area (TPSA) is 49.4 Å². The third kappa shape index (κ3) is 7.24. The number of anilines is 1. The van der Waals surface area contributed by atoms with Gasteiger partial charge in [0.05, 0.1) is 5.92 Å². The molecule has 1 amide bonds. The molecule has 0 aromatic heterocycles. The highest BCUT2D eigenvalue weighted by Gasteiger charge is 2.32. The van der Waals surface area contributed by atoms with E-state index in [2.05, 4.69) is 41.4 Å². The van der Waals surface area contributed by atoms with Crippen LogP contribution in [0.15, 0.2) is 97.1 Å². The second kappa shape index (κ2) is 14.0. The van der Waals surface area contributed by atoms with Crippen LogP contribution in [0.4, 0.5) is 5.69 Å². The zero-order chi connectivity index (χ0) is 29.5. The van der Waals surface area contributed by atoms with Crippen molar-refractivity contribution in [2.75, 3.05) is 24.5 Å². The number of hydrogen-bond acceptors (Lipinski definition) is 3. The number of piperidine rings is 1. The summed E-state index contributed by atoms with van der Waals surface area (Å²) in [6, 6.07) is 31.4. The van der Waals surface area contributed by atoms with Gasteiger partial charge in [-0.25, -0.2) is 0 Å². The number of Topliss-reactive ketones (excluding diaryl/α,β-unsaturated/α-hetero) is 1. The lowest BCUT2D eigenvalue weighted by molar-refractivity contribution is -0.124. The maximum absolute atomic E-state index is 13.4. The van der Waals surface area contributed by atoms with E-state index in [9.17, 15) is 9.59 Å². The van der Waals surface area contributed by atoms with E-state index in [-0.39, 0.29) is 17.6 Å². The lowest BCUT2D eigenvalue weighted by Gasteiger charge is -2.37. The number of amides is 1. The molecule has 1 N–H and O–H groups in total. The highest BCUT2D eigenvalue weighted by atomic mass is 35.5. The summed E-state index contributed by atoms with van der Waals surface area (Å²) in [5.74, 6) is 0.352. The normalized spacial score (nSPS) is 14.4. The average Bonchev–Trinajstić information content (AvgIpc) is 3.01. The zero-order valence-corrected chi connectivity index (χ0v) is 25.4. The number of nitrogens with one attached hydrogen (secondary N) is 1. The van der Waals surface area contributed by atoms with E-state index in [0.717, 1.165) is 60.3 Å². The van der Waals surface area contributed by atoms with Gasteiger partial charge in [-0.1, -0.05) is 96.9 Å². The Balaban J connectivity index is 1.23. The monoisotopic (exact) mass is 598 g/mol. The smallest absolute Gasteiger partial charge is 0.227 e. The molecular weight excluding hydrogens is 563 g/mol. The Hall–Kier alpha value is -3.60. The molecule has 1 saturated heterocycles. The molecule has 0 aliphatic carbocycles. The van der Waals surface area contributed by atoms with Gasteiger partial charge in [-0.3, -0.25) is 9.59 Å². The number of ketones is 1. The molecule has 1 atom stereocenters. The van der Waals surface area contributed by atoms with Gasteiger partial charge in [0.1, 0.15) is 0 Å². The number of nitrogens with zero attached hydrogens (tertiary/aromatic N) is 1. The summed E-state index contributed by atoms with van der Waals surface area (Å²) in [7, 11) is 0. The fraction of sp³-hybridized carbons (Fsp3) is 0.278. The van der Waals surface area contributed by atoms with Crippen LogP contribution in [0.3, 0.4) is 0 Å². The fourth-order valence-electron chi connectivity index (χ4n) is 5.94. The predicted molar refractivity (Wildman–Crippen MR) is 174 cm³/mol. The van der Waals surface area contributed by atoms with Gasteiger partial charge in [0.15, 0.2) is 5.78 Å². The van der Waals surface area contributed by atoms with Crippen LogP contribution in [-0.2, 0) is 11.2 Å². The molecule has 6 heteroatoms. The molecule has 4 aromatic rings. The van der Waals surface area contributed by atoms with Crippen LogP contribution in [0.2, 0.25) is 10.0 Å². The molecule has 1 aliphatic heterocycles. The van der Waals surface area contributed by atoms with E-state index in [1.165, 1.54) is 0 Å². The Morgan fingerprint density at radius 2 is 1.50 bits per heavy atom. The maximum atomic E-state index is 13.4. The van der Waals surface area contributed by atoms with Crippen LogP contribution in [0, 0.1) is 5.92 Å². The molecule has 4 nitrogen and oxygen atoms in total. The largest absolute Gasteiger partial charge is 0.372 e. The lowest BCUT2D eigenvalue weighted by atomic mass is 9.79. The van der Waals surface area contributed by atoms with Crippen LogP contribution < -0.4 is 10.2 Å². The quantitative estimate of drug-likeness (QED) is 0.186. The molecule has 4 aromatic carbocycles. The summed E-state index contributed by atoms with van der Waals surface area (Å²) in [6.45, 7) is 4.57. The predicted octanol–water partition coefficient (Wildman–Crippen LogP) is 8.61. The van der Waals surface area contributed by atoms with E-state index < -0.39 is 0 Å². The maximum Gasteiger partial charge on any atom is 0.227 e. The van der Waals surface area contributed by atoms with E-state index in [4.69, 9.17) is 23.2 Å². The standard InChI is InChI=1S/C36H36Cl2N2O2/c1-2-18-39-36(42)35(26-8-4-3-5-9-26)27-16-19-40(20-17-27)31-14-12-25(13-15-31)21-34(41)33-11-7-6-10-32(33)28-22-29(37)24-30(38)23-28/h3-15,22-24,27,35H,2,16-21H2,1H3,(H,39,42). The Morgan fingerprint density at radius 3 is 2.17 bits per heavy atom. The number of benzene rings is 4. The Morgan fingerprint density at radius 1 is 0.857 bits per heavy atom. The minimum Gasteiger partial charge on any atom is -0.372 e. The van der Waals surface area contributed by atoms with Crippen molar-refractivity contribution in [3.8, 4) is 11.1 Å². The zero-order valence-electron chi connectivity index (χ0n) is 23.9. The van der Waals surface area contributed by atoms with Gasteiger partial charge in [-0.2, -0.15) is 0 Å². The van der Waals surface area contributed by atoms with Crippen LogP contribution in [-0.4, -0.2) is 31.3 Å². The van der Waals surface area contributed by atoms with E-state index >= 15 is 0 Å². The average molecular weight is 600 g/mol. The van der Waals surface area contributed by atoms with Crippen molar-refractivity contribution in [3.05, 3.63) is 124 Å². The molecule has 216 valence electrons. The summed E-state index contributed by atoms with van der Waals surface area (Å²) in [6.07, 6.45) is 3.13. The van der Waals surface area contributed by atoms with Crippen LogP contribution in [0.5, 0.6) is 0 Å². The van der Waals surface area contributed by atoms with Crippen LogP contribution in [0.25, 0.3) is 11.1 Å². The van der Waals surface area contributed by atoms with E-state index in [1.54, 1.807) is 6.07 Å². The summed E-state index contributed by atoms with van der Waals surface area (Å²) in [4.78, 5) is 28.9. The van der Waals surface area contributed by atoms with Crippen molar-refractivity contribution in [2.45, 2.75) is 38.5 Å². The van der Waals surface area contributed by atoms with Gasteiger partial charge in [-0.15, -0.1) is 0 Å². The minimum absolute atomic E-state index is 0.0450. The van der Waals surface area contributed by atoms with Gasteiger partial charge in [0.2, 0.25) is 5.91 Å². The third-order valence-electron chi connectivity index (χ3n) is 8.07. The molecule has 42 heavy (non-hydrogen) atoms. The SMILES string of the molecule is CCCNC(=O)C(c1ccccc1)C1CCN(c2ccc(CC(=O)c3ccccc3-c3cc(Cl)cc(Cl)c3)cc2)CC1. The van der Waals surface area contributed by atoms with Crippen LogP contribution in [0.1, 0.15) is 53.6 Å². The minimum atomic E-state index is -0.126. The number of rotatable bonds is 10. The number of carbonyl (C=O) groups excluding carboxylic acids is 2. The number of hydrogen-bond donors (Lipinski definition) is 1. The highest BCUT2D eigenvalue weighted by molar-refractivity contribution is 6.35. The highest BCUT2D eigenvalue weighted by Crippen LogP contribution is 2.35. The first-order valence-electron chi connectivity index (χ1n) is 14.7. The molecule has 0 bridgehead atoms. The summed E-state index contributed by atoms with van der Waals surface area (Å²) < 4.78 is 0. The molecule has 1 fully saturated rings. The molecule has 1 heterocycles. The molecule has 0 spiro atoms. The Labute approximate surface area is 258 Å². The van der Waals surface area contributed by atoms with E-state index in [0.29, 0.717) is 34.5 Å². The van der Waals surface area contributed by atoms with Crippen molar-refractivity contribution in [3.63, 3.8) is 0 Å². The van der Waals surface area contributed by atoms with E-state index in [1.807, 2.05) is 66.7 Å². The van der Waals surface area contributed by atoms with Gasteiger partial charge in [0, 0.05) is 47.4 Å². The first-order chi connectivity index (χ1) is 20.4. The van der Waals surface area contributed by atoms with Gasteiger partial charge < -0.3 is 10.2 Å². The van der Waals surface area contributed by atoms with Crippen molar-refractivity contribution in [2.24, 2.45) is 5.92 Å². The first-order valence-corrected chi connectivity index (χ1v) is 15.4. The van der Waals surface area contributed by atoms with Crippen molar-refractivity contribution >= 4 is 40.6 Å². The molecule has 1 aliphatic rings. The Kier molecular flexibility index (Phi) is 9.99. The summed E-state index contributed by atoms with van der Waals surface area (Å²) >= 11 is 12.5. The van der Waals surface area contributed by atoms with Gasteiger partial charge in [-0.05, 0) is 77.8 Å². The molecule has 1 unspecified atom stereocenters. The lowest BCUT2D eigenvalue weighted by Crippen LogP contribution is -2.40. The molecule has 0 radical (unpaired) electrons. The second-order valence-electron chi connectivity index (χ2n) is 11.0. The molecule has 5 rings (SSSR count). The van der Waals surface area contributed by atoms with Crippen molar-refractivity contribution in [1.29, 1.82) is 0 Å². The fourth-order valence-corrected chi connectivity index (χ4v) is 6.47. The second-order valence-corrected chi connectivity index (χ2v) is 11.8. The van der Waals surface area contributed by atoms with Crippen molar-refractivity contribution < 1.29 is 9.59 Å². The van der Waals surface area contributed by atoms with Gasteiger partial charge in [0.25, 0.3) is 0 Å². The Bertz CT molecular complexity index is 1490. The number of carbonyl (C=O) groups is 2. The molecular formula is C36H36Cl2N2O2. The van der Waals surface area contributed by atoms with Crippen molar-refractivity contribution in [1.82, 2.24) is 5.32 Å². The van der Waals surface area contributed by atoms with Gasteiger partial charge >= 0.3 is 0 Å².